The zero-order chi connectivity index (χ0) is 20.4. The first-order valence-corrected chi connectivity index (χ1v) is 11.7. The summed E-state index contributed by atoms with van der Waals surface area (Å²) in [6, 6.07) is 1.21. The van der Waals surface area contributed by atoms with Crippen LogP contribution in [-0.4, -0.2) is 85.3 Å². The van der Waals surface area contributed by atoms with Crippen LogP contribution in [0.4, 0.5) is 9.59 Å². The number of piperidine rings is 2. The van der Waals surface area contributed by atoms with Gasteiger partial charge in [0.2, 0.25) is 0 Å². The Kier molecular flexibility index (Phi) is 6.23. The molecule has 4 aliphatic rings. The molecule has 0 aromatic rings. The van der Waals surface area contributed by atoms with Crippen molar-refractivity contribution in [3.05, 3.63) is 0 Å². The molecule has 164 valence electrons. The number of nitrogens with zero attached hydrogens (tertiary/aromatic N) is 3. The number of hydrogen-bond acceptors (Lipinski definition) is 4. The van der Waals surface area contributed by atoms with Crippen LogP contribution in [0.25, 0.3) is 0 Å². The van der Waals surface area contributed by atoms with Crippen molar-refractivity contribution in [3.8, 4) is 0 Å². The number of carbonyl (C=O) groups is 2. The van der Waals surface area contributed by atoms with Gasteiger partial charge in [0, 0.05) is 38.8 Å². The van der Waals surface area contributed by atoms with E-state index in [0.717, 1.165) is 52.0 Å². The van der Waals surface area contributed by atoms with Crippen molar-refractivity contribution >= 4 is 12.1 Å². The van der Waals surface area contributed by atoms with Gasteiger partial charge in [0.05, 0.1) is 6.61 Å². The summed E-state index contributed by atoms with van der Waals surface area (Å²) in [5, 5.41) is 2.84. The summed E-state index contributed by atoms with van der Waals surface area (Å²) in [4.78, 5) is 31.0. The van der Waals surface area contributed by atoms with Gasteiger partial charge in [-0.3, -0.25) is 0 Å². The van der Waals surface area contributed by atoms with E-state index in [1.807, 2.05) is 11.8 Å². The third-order valence-corrected chi connectivity index (χ3v) is 7.96. The molecule has 0 radical (unpaired) electrons. The molecule has 3 aliphatic heterocycles. The lowest BCUT2D eigenvalue weighted by atomic mass is 9.64. The molecule has 7 heteroatoms. The summed E-state index contributed by atoms with van der Waals surface area (Å²) >= 11 is 0. The lowest BCUT2D eigenvalue weighted by molar-refractivity contribution is -0.0182. The lowest BCUT2D eigenvalue weighted by Crippen LogP contribution is -2.56. The fourth-order valence-electron chi connectivity index (χ4n) is 6.35. The van der Waals surface area contributed by atoms with E-state index in [1.54, 1.807) is 7.05 Å². The fraction of sp³-hybridized carbons (Fsp3) is 0.909. The number of rotatable bonds is 3. The number of nitrogens with one attached hydrogen (secondary N) is 1. The van der Waals surface area contributed by atoms with Gasteiger partial charge in [-0.15, -0.1) is 0 Å². The second-order valence-electron chi connectivity index (χ2n) is 9.62. The molecule has 1 unspecified atom stereocenters. The Balaban J connectivity index is 1.24. The Morgan fingerprint density at radius 2 is 1.83 bits per heavy atom. The minimum absolute atomic E-state index is 0.102. The second-order valence-corrected chi connectivity index (χ2v) is 9.62. The summed E-state index contributed by atoms with van der Waals surface area (Å²) in [6.07, 6.45) is 9.39. The van der Waals surface area contributed by atoms with E-state index in [-0.39, 0.29) is 12.1 Å². The first-order chi connectivity index (χ1) is 14.0. The number of amides is 3. The highest BCUT2D eigenvalue weighted by atomic mass is 16.6. The van der Waals surface area contributed by atoms with Crippen molar-refractivity contribution < 1.29 is 14.3 Å². The first-order valence-electron chi connectivity index (χ1n) is 11.7. The summed E-state index contributed by atoms with van der Waals surface area (Å²) in [5.74, 6) is 0.642. The summed E-state index contributed by atoms with van der Waals surface area (Å²) < 4.78 is 5.18. The Hall–Kier alpha value is -1.50. The topological polar surface area (TPSA) is 65.1 Å². The number of ether oxygens (including phenoxy) is 1. The van der Waals surface area contributed by atoms with Crippen molar-refractivity contribution in [1.82, 2.24) is 20.0 Å². The highest BCUT2D eigenvalue weighted by Gasteiger charge is 2.51. The standard InChI is InChI=1S/C22H38N4O3/c1-3-29-21(28)25-13-9-22(16-25)14-18(15-22)24-11-7-17(8-12-24)19-6-4-5-10-26(19)20(27)23-2/h17-19H,3-16H2,1-2H3,(H,23,27). The van der Waals surface area contributed by atoms with Crippen molar-refractivity contribution in [2.75, 3.05) is 46.4 Å². The second kappa shape index (κ2) is 8.70. The zero-order valence-electron chi connectivity index (χ0n) is 18.2. The van der Waals surface area contributed by atoms with Crippen LogP contribution in [-0.2, 0) is 4.74 Å². The van der Waals surface area contributed by atoms with E-state index >= 15 is 0 Å². The molecule has 1 atom stereocenters. The maximum Gasteiger partial charge on any atom is 0.409 e. The maximum absolute atomic E-state index is 12.3. The predicted octanol–water partition coefficient (Wildman–Crippen LogP) is 2.90. The predicted molar refractivity (Wildman–Crippen MR) is 112 cm³/mol. The van der Waals surface area contributed by atoms with E-state index in [9.17, 15) is 9.59 Å². The van der Waals surface area contributed by atoms with Gasteiger partial charge in [-0.2, -0.15) is 0 Å². The fourth-order valence-corrected chi connectivity index (χ4v) is 6.35. The number of urea groups is 1. The van der Waals surface area contributed by atoms with E-state index in [4.69, 9.17) is 4.74 Å². The molecule has 3 amide bonds. The van der Waals surface area contributed by atoms with Gasteiger partial charge in [0.15, 0.2) is 0 Å². The van der Waals surface area contributed by atoms with Crippen LogP contribution in [0.15, 0.2) is 0 Å². The molecule has 29 heavy (non-hydrogen) atoms. The van der Waals surface area contributed by atoms with E-state index in [1.165, 1.54) is 32.1 Å². The zero-order valence-corrected chi connectivity index (χ0v) is 18.2. The molecule has 1 aliphatic carbocycles. The Morgan fingerprint density at radius 3 is 2.52 bits per heavy atom. The molecular formula is C22H38N4O3. The molecule has 0 aromatic carbocycles. The van der Waals surface area contributed by atoms with Gasteiger partial charge in [-0.25, -0.2) is 9.59 Å². The molecule has 1 saturated carbocycles. The van der Waals surface area contributed by atoms with Gasteiger partial charge in [0.1, 0.15) is 0 Å². The SMILES string of the molecule is CCOC(=O)N1CCC2(CC(N3CCC(C4CCCCN4C(=O)NC)CC3)C2)C1. The molecule has 4 rings (SSSR count). The van der Waals surface area contributed by atoms with Crippen LogP contribution in [0.3, 0.4) is 0 Å². The van der Waals surface area contributed by atoms with Crippen LogP contribution in [0, 0.1) is 11.3 Å². The first kappa shape index (κ1) is 20.8. The smallest absolute Gasteiger partial charge is 0.409 e. The highest BCUT2D eigenvalue weighted by molar-refractivity contribution is 5.74. The van der Waals surface area contributed by atoms with Crippen molar-refractivity contribution in [1.29, 1.82) is 0 Å². The average Bonchev–Trinajstić information content (AvgIpc) is 3.19. The quantitative estimate of drug-likeness (QED) is 0.783. The molecular weight excluding hydrogens is 368 g/mol. The number of hydrogen-bond donors (Lipinski definition) is 1. The molecule has 7 nitrogen and oxygen atoms in total. The van der Waals surface area contributed by atoms with Gasteiger partial charge in [-0.05, 0) is 82.7 Å². The molecule has 0 aromatic heterocycles. The van der Waals surface area contributed by atoms with Crippen LogP contribution >= 0.6 is 0 Å². The average molecular weight is 407 g/mol. The van der Waals surface area contributed by atoms with Crippen molar-refractivity contribution in [2.45, 2.75) is 70.4 Å². The molecule has 3 saturated heterocycles. The van der Waals surface area contributed by atoms with E-state index < -0.39 is 0 Å². The molecule has 0 bridgehead atoms. The van der Waals surface area contributed by atoms with Crippen LogP contribution in [0.5, 0.6) is 0 Å². The number of likely N-dealkylation sites (tertiary alicyclic amines) is 3. The van der Waals surface area contributed by atoms with Gasteiger partial charge in [-0.1, -0.05) is 0 Å². The van der Waals surface area contributed by atoms with Crippen molar-refractivity contribution in [2.24, 2.45) is 11.3 Å². The van der Waals surface area contributed by atoms with Crippen LogP contribution < -0.4 is 5.32 Å². The molecule has 1 spiro atoms. The molecule has 3 heterocycles. The minimum Gasteiger partial charge on any atom is -0.450 e. The normalized spacial score (nSPS) is 33.6. The Labute approximate surface area is 175 Å². The molecule has 4 fully saturated rings. The Morgan fingerprint density at radius 1 is 1.07 bits per heavy atom. The van der Waals surface area contributed by atoms with Crippen LogP contribution in [0.2, 0.25) is 0 Å². The van der Waals surface area contributed by atoms with Gasteiger partial charge in [0.25, 0.3) is 0 Å². The summed E-state index contributed by atoms with van der Waals surface area (Å²) in [5.41, 5.74) is 0.341. The van der Waals surface area contributed by atoms with Crippen molar-refractivity contribution in [3.63, 3.8) is 0 Å². The van der Waals surface area contributed by atoms with E-state index in [0.29, 0.717) is 30.0 Å². The van der Waals surface area contributed by atoms with Gasteiger partial charge >= 0.3 is 12.1 Å². The third-order valence-electron chi connectivity index (χ3n) is 7.96. The summed E-state index contributed by atoms with van der Waals surface area (Å²) in [6.45, 7) is 7.28. The largest absolute Gasteiger partial charge is 0.450 e. The Bertz CT molecular complexity index is 599. The lowest BCUT2D eigenvalue weighted by Gasteiger charge is -2.52. The number of carbonyl (C=O) groups excluding carboxylic acids is 2. The van der Waals surface area contributed by atoms with Gasteiger partial charge < -0.3 is 24.8 Å². The highest BCUT2D eigenvalue weighted by Crippen LogP contribution is 2.51. The van der Waals surface area contributed by atoms with Crippen LogP contribution in [0.1, 0.15) is 58.3 Å². The monoisotopic (exact) mass is 406 g/mol. The summed E-state index contributed by atoms with van der Waals surface area (Å²) in [7, 11) is 1.75. The third kappa shape index (κ3) is 4.21. The van der Waals surface area contributed by atoms with E-state index in [2.05, 4.69) is 15.1 Å². The molecule has 1 N–H and O–H groups in total. The minimum atomic E-state index is -0.137. The maximum atomic E-state index is 12.3.